The summed E-state index contributed by atoms with van der Waals surface area (Å²) in [6.45, 7) is 4.70. The summed E-state index contributed by atoms with van der Waals surface area (Å²) < 4.78 is 21.4. The van der Waals surface area contributed by atoms with Crippen LogP contribution in [0.3, 0.4) is 0 Å². The third-order valence-corrected chi connectivity index (χ3v) is 4.75. The van der Waals surface area contributed by atoms with E-state index in [2.05, 4.69) is 6.58 Å². The van der Waals surface area contributed by atoms with Gasteiger partial charge >= 0.3 is 0 Å². The van der Waals surface area contributed by atoms with E-state index in [9.17, 15) is 35.7 Å². The molecule has 2 aliphatic heterocycles. The van der Waals surface area contributed by atoms with E-state index >= 15 is 0 Å². The minimum Gasteiger partial charge on any atom is -0.394 e. The predicted octanol–water partition coefficient (Wildman–Crippen LogP) is -3.41. The average molecular weight is 410 g/mol. The van der Waals surface area contributed by atoms with Crippen LogP contribution in [0.4, 0.5) is 0 Å². The highest BCUT2D eigenvalue weighted by molar-refractivity contribution is 4.92. The summed E-state index contributed by atoms with van der Waals surface area (Å²) in [7, 11) is 0. The zero-order valence-electron chi connectivity index (χ0n) is 15.6. The fourth-order valence-corrected chi connectivity index (χ4v) is 2.94. The second kappa shape index (κ2) is 10.4. The maximum absolute atomic E-state index is 10.1. The molecule has 0 amide bonds. The van der Waals surface area contributed by atoms with Crippen molar-refractivity contribution in [2.24, 2.45) is 0 Å². The van der Waals surface area contributed by atoms with Gasteiger partial charge in [0, 0.05) is 0 Å². The Bertz CT molecular complexity index is 501. The summed E-state index contributed by atoms with van der Waals surface area (Å²) in [5.41, 5.74) is 0.855. The molecule has 2 saturated heterocycles. The van der Waals surface area contributed by atoms with Crippen molar-refractivity contribution in [2.45, 2.75) is 74.8 Å². The highest BCUT2D eigenvalue weighted by atomic mass is 16.7. The lowest BCUT2D eigenvalue weighted by atomic mass is 9.98. The topological polar surface area (TPSA) is 179 Å². The molecule has 0 aromatic carbocycles. The Morgan fingerprint density at radius 3 is 1.82 bits per heavy atom. The van der Waals surface area contributed by atoms with Gasteiger partial charge in [-0.15, -0.1) is 6.58 Å². The van der Waals surface area contributed by atoms with Crippen LogP contribution >= 0.6 is 0 Å². The summed E-state index contributed by atoms with van der Waals surface area (Å²) in [5.74, 6) is 0. The number of rotatable bonds is 8. The highest BCUT2D eigenvalue weighted by Gasteiger charge is 2.47. The zero-order valence-corrected chi connectivity index (χ0v) is 15.6. The van der Waals surface area contributed by atoms with Crippen LogP contribution in [0.2, 0.25) is 0 Å². The summed E-state index contributed by atoms with van der Waals surface area (Å²) in [6.07, 6.45) is -13.7. The van der Waals surface area contributed by atoms with Crippen LogP contribution in [0, 0.1) is 0 Å². The molecule has 164 valence electrons. The molecule has 0 aliphatic carbocycles. The number of aliphatic hydroxyl groups is 7. The number of aliphatic hydroxyl groups excluding tert-OH is 7. The molecule has 11 nitrogen and oxygen atoms in total. The normalized spacial score (nSPS) is 44.4. The lowest BCUT2D eigenvalue weighted by molar-refractivity contribution is -0.331. The Balaban J connectivity index is 1.94. The van der Waals surface area contributed by atoms with Gasteiger partial charge in [0.2, 0.25) is 0 Å². The van der Waals surface area contributed by atoms with E-state index in [1.54, 1.807) is 6.92 Å². The molecule has 0 aromatic heterocycles. The Labute approximate surface area is 162 Å². The molecule has 2 aliphatic rings. The van der Waals surface area contributed by atoms with Crippen molar-refractivity contribution >= 4 is 0 Å². The fourth-order valence-electron chi connectivity index (χ4n) is 2.94. The number of hydrogen-bond acceptors (Lipinski definition) is 11. The van der Waals surface area contributed by atoms with Crippen LogP contribution < -0.4 is 0 Å². The van der Waals surface area contributed by atoms with Gasteiger partial charge in [0.05, 0.1) is 19.8 Å². The van der Waals surface area contributed by atoms with E-state index < -0.39 is 74.6 Å². The SMILES string of the molecule is C=C(C)CCO[C@@H]1O[C@H](CO[C@@H]2O[C@H](CO)[C@@H](O)[C@H](O)[C@H]2O)[C@@H](O)[C@H](O)[C@H]1O. The van der Waals surface area contributed by atoms with Crippen LogP contribution in [0.15, 0.2) is 12.2 Å². The number of hydrogen-bond donors (Lipinski definition) is 7. The van der Waals surface area contributed by atoms with Crippen LogP contribution in [-0.4, -0.2) is 117 Å². The van der Waals surface area contributed by atoms with Gasteiger partial charge in [0.1, 0.15) is 48.8 Å². The Morgan fingerprint density at radius 2 is 1.29 bits per heavy atom. The van der Waals surface area contributed by atoms with Crippen LogP contribution in [-0.2, 0) is 18.9 Å². The van der Waals surface area contributed by atoms with E-state index in [1.807, 2.05) is 0 Å². The van der Waals surface area contributed by atoms with Gasteiger partial charge in [-0.05, 0) is 13.3 Å². The first kappa shape index (κ1) is 23.6. The highest BCUT2D eigenvalue weighted by Crippen LogP contribution is 2.26. The largest absolute Gasteiger partial charge is 0.394 e. The molecule has 0 aromatic rings. The summed E-state index contributed by atoms with van der Waals surface area (Å²) in [6, 6.07) is 0. The van der Waals surface area contributed by atoms with Crippen LogP contribution in [0.1, 0.15) is 13.3 Å². The third kappa shape index (κ3) is 5.46. The molecular formula is C17H30O11. The maximum Gasteiger partial charge on any atom is 0.186 e. The van der Waals surface area contributed by atoms with Crippen molar-refractivity contribution in [3.63, 3.8) is 0 Å². The first-order valence-electron chi connectivity index (χ1n) is 9.05. The molecule has 10 atom stereocenters. The molecule has 2 rings (SSSR count). The van der Waals surface area contributed by atoms with E-state index in [-0.39, 0.29) is 6.61 Å². The lowest BCUT2D eigenvalue weighted by Crippen LogP contribution is -2.61. The van der Waals surface area contributed by atoms with E-state index in [0.717, 1.165) is 5.57 Å². The van der Waals surface area contributed by atoms with Gasteiger partial charge in [-0.2, -0.15) is 0 Å². The second-order valence-corrected chi connectivity index (χ2v) is 7.12. The van der Waals surface area contributed by atoms with Gasteiger partial charge in [-0.1, -0.05) is 5.57 Å². The third-order valence-electron chi connectivity index (χ3n) is 4.75. The van der Waals surface area contributed by atoms with E-state index in [0.29, 0.717) is 6.42 Å². The molecule has 0 bridgehead atoms. The monoisotopic (exact) mass is 410 g/mol. The van der Waals surface area contributed by atoms with Crippen molar-refractivity contribution in [1.29, 1.82) is 0 Å². The molecule has 28 heavy (non-hydrogen) atoms. The first-order chi connectivity index (χ1) is 13.2. The number of ether oxygens (including phenoxy) is 4. The van der Waals surface area contributed by atoms with Crippen molar-refractivity contribution < 1.29 is 54.7 Å². The fraction of sp³-hybridized carbons (Fsp3) is 0.882. The molecular weight excluding hydrogens is 380 g/mol. The van der Waals surface area contributed by atoms with Crippen molar-refractivity contribution in [3.05, 3.63) is 12.2 Å². The molecule has 0 radical (unpaired) electrons. The average Bonchev–Trinajstić information content (AvgIpc) is 2.66. The molecule has 0 unspecified atom stereocenters. The molecule has 11 heteroatoms. The minimum atomic E-state index is -1.61. The summed E-state index contributed by atoms with van der Waals surface area (Å²) in [5, 5.41) is 68.8. The Kier molecular flexibility index (Phi) is 8.73. The van der Waals surface area contributed by atoms with Gasteiger partial charge in [-0.3, -0.25) is 0 Å². The molecule has 0 saturated carbocycles. The zero-order chi connectivity index (χ0) is 21.0. The van der Waals surface area contributed by atoms with Gasteiger partial charge < -0.3 is 54.7 Å². The summed E-state index contributed by atoms with van der Waals surface area (Å²) >= 11 is 0. The standard InChI is InChI=1S/C17H30O11/c1-7(2)3-4-25-16-14(23)13(22)11(20)9(28-16)6-26-17-15(24)12(21)10(19)8(5-18)27-17/h8-24H,1,3-6H2,2H3/t8-,9-,10-,11-,12+,13+,14-,15-,16-,17-/m1/s1. The Hall–Kier alpha value is -0.700. The molecule has 7 N–H and O–H groups in total. The first-order valence-corrected chi connectivity index (χ1v) is 9.05. The quantitative estimate of drug-likeness (QED) is 0.198. The van der Waals surface area contributed by atoms with Crippen LogP contribution in [0.25, 0.3) is 0 Å². The van der Waals surface area contributed by atoms with E-state index in [1.165, 1.54) is 0 Å². The lowest BCUT2D eigenvalue weighted by Gasteiger charge is -2.42. The molecule has 2 fully saturated rings. The predicted molar refractivity (Wildman–Crippen MR) is 91.8 cm³/mol. The summed E-state index contributed by atoms with van der Waals surface area (Å²) in [4.78, 5) is 0. The minimum absolute atomic E-state index is 0.181. The molecule has 0 spiro atoms. The van der Waals surface area contributed by atoms with Gasteiger partial charge in [-0.25, -0.2) is 0 Å². The van der Waals surface area contributed by atoms with E-state index in [4.69, 9.17) is 18.9 Å². The Morgan fingerprint density at radius 1 is 0.786 bits per heavy atom. The second-order valence-electron chi connectivity index (χ2n) is 7.12. The smallest absolute Gasteiger partial charge is 0.186 e. The van der Waals surface area contributed by atoms with Gasteiger partial charge in [0.15, 0.2) is 12.6 Å². The molecule has 2 heterocycles. The van der Waals surface area contributed by atoms with Gasteiger partial charge in [0.25, 0.3) is 0 Å². The van der Waals surface area contributed by atoms with Crippen molar-refractivity contribution in [1.82, 2.24) is 0 Å². The van der Waals surface area contributed by atoms with Crippen LogP contribution in [0.5, 0.6) is 0 Å². The van der Waals surface area contributed by atoms with Crippen molar-refractivity contribution in [2.75, 3.05) is 19.8 Å². The van der Waals surface area contributed by atoms with Crippen molar-refractivity contribution in [3.8, 4) is 0 Å². The maximum atomic E-state index is 10.1.